The van der Waals surface area contributed by atoms with Crippen LogP contribution in [0.25, 0.3) is 16.6 Å². The van der Waals surface area contributed by atoms with Crippen molar-refractivity contribution >= 4 is 40.3 Å². The highest BCUT2D eigenvalue weighted by atomic mass is 35.5. The van der Waals surface area contributed by atoms with E-state index in [-0.39, 0.29) is 12.5 Å². The maximum atomic E-state index is 12.8. The average Bonchev–Trinajstić information content (AvgIpc) is 3.21. The van der Waals surface area contributed by atoms with Crippen molar-refractivity contribution < 1.29 is 9.53 Å². The lowest BCUT2D eigenvalue weighted by molar-refractivity contribution is -0.118. The van der Waals surface area contributed by atoms with E-state index in [4.69, 9.17) is 16.3 Å². The lowest BCUT2D eigenvalue weighted by atomic mass is 10.2. The molecular formula is C29H24ClN5O4. The molecule has 0 bridgehead atoms. The van der Waals surface area contributed by atoms with Gasteiger partial charge in [-0.1, -0.05) is 23.7 Å². The Labute approximate surface area is 227 Å². The quantitative estimate of drug-likeness (QED) is 0.292. The molecule has 2 aromatic heterocycles. The Morgan fingerprint density at radius 1 is 1.03 bits per heavy atom. The monoisotopic (exact) mass is 541 g/mol. The highest BCUT2D eigenvalue weighted by Crippen LogP contribution is 2.22. The molecule has 0 saturated carbocycles. The molecule has 3 aromatic carbocycles. The van der Waals surface area contributed by atoms with Gasteiger partial charge in [-0.15, -0.1) is 4.68 Å². The van der Waals surface area contributed by atoms with Crippen LogP contribution in [0.5, 0.6) is 5.75 Å². The average molecular weight is 542 g/mol. The number of carbonyl (C=O) groups is 1. The summed E-state index contributed by atoms with van der Waals surface area (Å²) >= 11 is 5.87. The van der Waals surface area contributed by atoms with Gasteiger partial charge in [-0.25, -0.2) is 4.79 Å². The molecule has 0 aliphatic rings. The summed E-state index contributed by atoms with van der Waals surface area (Å²) in [6.07, 6.45) is 1.50. The fourth-order valence-corrected chi connectivity index (χ4v) is 4.39. The summed E-state index contributed by atoms with van der Waals surface area (Å²) in [5.74, 6) is 0.260. The minimum absolute atomic E-state index is 0.141. The van der Waals surface area contributed by atoms with Crippen LogP contribution in [-0.2, 0) is 4.79 Å². The van der Waals surface area contributed by atoms with E-state index in [9.17, 15) is 14.4 Å². The molecule has 9 nitrogen and oxygen atoms in total. The third kappa shape index (κ3) is 5.53. The Kier molecular flexibility index (Phi) is 7.16. The number of hydrogen-bond acceptors (Lipinski definition) is 5. The van der Waals surface area contributed by atoms with Crippen molar-refractivity contribution in [2.75, 3.05) is 11.9 Å². The van der Waals surface area contributed by atoms with Gasteiger partial charge in [0.15, 0.2) is 6.61 Å². The van der Waals surface area contributed by atoms with Gasteiger partial charge in [-0.05, 0) is 80.6 Å². The van der Waals surface area contributed by atoms with E-state index in [1.807, 2.05) is 36.6 Å². The third-order valence-corrected chi connectivity index (χ3v) is 6.41. The highest BCUT2D eigenvalue weighted by Gasteiger charge is 2.11. The smallest absolute Gasteiger partial charge is 0.349 e. The molecule has 2 heterocycles. The van der Waals surface area contributed by atoms with Crippen LogP contribution in [0.15, 0.2) is 93.6 Å². The Hall–Kier alpha value is -4.89. The zero-order chi connectivity index (χ0) is 27.5. The first-order valence-corrected chi connectivity index (χ1v) is 12.4. The number of aryl methyl sites for hydroxylation is 1. The molecule has 0 aliphatic carbocycles. The van der Waals surface area contributed by atoms with Gasteiger partial charge in [0.05, 0.1) is 17.1 Å². The van der Waals surface area contributed by atoms with Crippen molar-refractivity contribution in [3.8, 4) is 11.4 Å². The van der Waals surface area contributed by atoms with Crippen LogP contribution in [0, 0.1) is 13.8 Å². The Morgan fingerprint density at radius 3 is 2.49 bits per heavy atom. The minimum Gasteiger partial charge on any atom is -0.484 e. The molecular weight excluding hydrogens is 518 g/mol. The van der Waals surface area contributed by atoms with Crippen LogP contribution in [0.2, 0.25) is 5.02 Å². The molecule has 0 spiro atoms. The standard InChI is InChI=1S/C29H24ClN5O4/c1-18-15-20(16-31-35-28(37)25-5-3-4-6-26(25)33-29(35)38)19(2)34(18)23-11-13-24(14-12-23)39-17-27(36)32-22-9-7-21(30)8-10-22/h3-16H,17H2,1-2H3,(H,32,36)(H,33,38). The third-order valence-electron chi connectivity index (χ3n) is 6.16. The van der Waals surface area contributed by atoms with E-state index in [0.717, 1.165) is 27.3 Å². The van der Waals surface area contributed by atoms with E-state index >= 15 is 0 Å². The van der Waals surface area contributed by atoms with Gasteiger partial charge in [-0.3, -0.25) is 9.59 Å². The van der Waals surface area contributed by atoms with Gasteiger partial charge < -0.3 is 19.6 Å². The van der Waals surface area contributed by atoms with E-state index in [1.54, 1.807) is 60.7 Å². The number of benzene rings is 3. The number of H-pyrrole nitrogens is 1. The van der Waals surface area contributed by atoms with Crippen LogP contribution in [0.1, 0.15) is 17.0 Å². The van der Waals surface area contributed by atoms with Gasteiger partial charge in [-0.2, -0.15) is 5.10 Å². The van der Waals surface area contributed by atoms with Gasteiger partial charge >= 0.3 is 5.69 Å². The second-order valence-electron chi connectivity index (χ2n) is 8.84. The number of fused-ring (bicyclic) bond motifs is 1. The molecule has 0 atom stereocenters. The largest absolute Gasteiger partial charge is 0.484 e. The van der Waals surface area contributed by atoms with E-state index < -0.39 is 11.2 Å². The van der Waals surface area contributed by atoms with E-state index in [2.05, 4.69) is 15.4 Å². The summed E-state index contributed by atoms with van der Waals surface area (Å²) in [5, 5.41) is 7.90. The van der Waals surface area contributed by atoms with Crippen LogP contribution in [-0.4, -0.2) is 33.0 Å². The molecule has 1 amide bonds. The van der Waals surface area contributed by atoms with Crippen LogP contribution >= 0.6 is 11.6 Å². The van der Waals surface area contributed by atoms with Crippen LogP contribution < -0.4 is 21.3 Å². The van der Waals surface area contributed by atoms with Crippen LogP contribution in [0.4, 0.5) is 5.69 Å². The lowest BCUT2D eigenvalue weighted by Gasteiger charge is -2.11. The predicted octanol–water partition coefficient (Wildman–Crippen LogP) is 4.65. The maximum absolute atomic E-state index is 12.8. The number of anilines is 1. The summed E-state index contributed by atoms with van der Waals surface area (Å²) < 4.78 is 8.47. The summed E-state index contributed by atoms with van der Waals surface area (Å²) in [5.41, 5.74) is 3.44. The first-order valence-electron chi connectivity index (χ1n) is 12.1. The number of aromatic amines is 1. The number of amides is 1. The molecule has 39 heavy (non-hydrogen) atoms. The van der Waals surface area contributed by atoms with Crippen molar-refractivity contribution in [3.63, 3.8) is 0 Å². The van der Waals surface area contributed by atoms with Gasteiger partial charge in [0, 0.05) is 33.3 Å². The topological polar surface area (TPSA) is 110 Å². The maximum Gasteiger partial charge on any atom is 0.349 e. The predicted molar refractivity (Wildman–Crippen MR) is 153 cm³/mol. The second-order valence-corrected chi connectivity index (χ2v) is 9.27. The van der Waals surface area contributed by atoms with Crippen molar-refractivity contribution in [2.24, 2.45) is 5.10 Å². The number of nitrogens with one attached hydrogen (secondary N) is 2. The van der Waals surface area contributed by atoms with E-state index in [0.29, 0.717) is 27.4 Å². The Balaban J connectivity index is 1.30. The highest BCUT2D eigenvalue weighted by molar-refractivity contribution is 6.30. The second kappa shape index (κ2) is 10.8. The number of ether oxygens (including phenoxy) is 1. The van der Waals surface area contributed by atoms with Crippen molar-refractivity contribution in [1.82, 2.24) is 14.2 Å². The summed E-state index contributed by atoms with van der Waals surface area (Å²) in [6, 6.07) is 22.9. The molecule has 0 radical (unpaired) electrons. The van der Waals surface area contributed by atoms with Crippen molar-refractivity contribution in [1.29, 1.82) is 0 Å². The number of rotatable bonds is 7. The zero-order valence-electron chi connectivity index (χ0n) is 21.1. The first-order chi connectivity index (χ1) is 18.8. The van der Waals surface area contributed by atoms with Gasteiger partial charge in [0.25, 0.3) is 11.5 Å². The fraction of sp³-hybridized carbons (Fsp3) is 0.103. The molecule has 2 N–H and O–H groups in total. The molecule has 10 heteroatoms. The van der Waals surface area contributed by atoms with E-state index in [1.165, 1.54) is 6.21 Å². The normalized spacial score (nSPS) is 11.3. The summed E-state index contributed by atoms with van der Waals surface area (Å²) in [7, 11) is 0. The number of hydrogen-bond donors (Lipinski definition) is 2. The zero-order valence-corrected chi connectivity index (χ0v) is 21.9. The molecule has 5 aromatic rings. The van der Waals surface area contributed by atoms with Gasteiger partial charge in [0.1, 0.15) is 5.75 Å². The van der Waals surface area contributed by atoms with Crippen LogP contribution in [0.3, 0.4) is 0 Å². The molecule has 0 aliphatic heterocycles. The van der Waals surface area contributed by atoms with Gasteiger partial charge in [0.2, 0.25) is 0 Å². The Bertz CT molecular complexity index is 1820. The number of nitrogens with zero attached hydrogens (tertiary/aromatic N) is 3. The molecule has 5 rings (SSSR count). The summed E-state index contributed by atoms with van der Waals surface area (Å²) in [6.45, 7) is 3.73. The first kappa shape index (κ1) is 25.7. The number of aromatic nitrogens is 3. The van der Waals surface area contributed by atoms with Crippen molar-refractivity contribution in [3.05, 3.63) is 122 Å². The summed E-state index contributed by atoms with van der Waals surface area (Å²) in [4.78, 5) is 40.1. The fourth-order valence-electron chi connectivity index (χ4n) is 4.26. The molecule has 196 valence electrons. The Morgan fingerprint density at radius 2 is 1.74 bits per heavy atom. The minimum atomic E-state index is -0.610. The number of para-hydroxylation sites is 1. The molecule has 0 saturated heterocycles. The SMILES string of the molecule is Cc1cc(C=Nn2c(=O)[nH]c3ccccc3c2=O)c(C)n1-c1ccc(OCC(=O)Nc2ccc(Cl)cc2)cc1. The van der Waals surface area contributed by atoms with Crippen molar-refractivity contribution in [2.45, 2.75) is 13.8 Å². The number of carbonyl (C=O) groups excluding carboxylic acids is 1. The molecule has 0 unspecified atom stereocenters. The number of halogens is 1. The lowest BCUT2D eigenvalue weighted by Crippen LogP contribution is -2.32. The molecule has 0 fully saturated rings.